The summed E-state index contributed by atoms with van der Waals surface area (Å²) in [7, 11) is 1.33. The number of rotatable bonds is 7. The van der Waals surface area contributed by atoms with E-state index in [0.717, 1.165) is 0 Å². The molecule has 0 saturated heterocycles. The standard InChI is InChI=1S/C21H21N5O4/c1-3-30-21(28)14-5-4-6-16(11-14)26-19-17(22)18(23-12-24-19)25-15-9-7-13(8-10-15)20(27)29-2/h4-12H,3,22H2,1-2H3,(H2,23,24,25,26). The molecule has 3 rings (SSSR count). The number of methoxy groups -OCH3 is 1. The van der Waals surface area contributed by atoms with Gasteiger partial charge in [-0.1, -0.05) is 6.07 Å². The monoisotopic (exact) mass is 407 g/mol. The number of nitrogens with zero attached hydrogens (tertiary/aromatic N) is 2. The smallest absolute Gasteiger partial charge is 0.338 e. The highest BCUT2D eigenvalue weighted by Crippen LogP contribution is 2.28. The Morgan fingerprint density at radius 2 is 1.60 bits per heavy atom. The number of carbonyl (C=O) groups is 2. The predicted octanol–water partition coefficient (Wildman–Crippen LogP) is 3.51. The summed E-state index contributed by atoms with van der Waals surface area (Å²) >= 11 is 0. The summed E-state index contributed by atoms with van der Waals surface area (Å²) in [6.45, 7) is 2.05. The quantitative estimate of drug-likeness (QED) is 0.504. The van der Waals surface area contributed by atoms with Crippen LogP contribution in [0.15, 0.2) is 54.9 Å². The SMILES string of the molecule is CCOC(=O)c1cccc(Nc2ncnc(Nc3ccc(C(=O)OC)cc3)c2N)c1. The second-order valence-corrected chi connectivity index (χ2v) is 6.10. The molecule has 9 nitrogen and oxygen atoms in total. The summed E-state index contributed by atoms with van der Waals surface area (Å²) in [5, 5.41) is 6.17. The lowest BCUT2D eigenvalue weighted by atomic mass is 10.2. The molecular formula is C21H21N5O4. The Kier molecular flexibility index (Phi) is 6.43. The molecule has 0 saturated carbocycles. The molecule has 0 unspecified atom stereocenters. The van der Waals surface area contributed by atoms with Crippen LogP contribution in [0.4, 0.5) is 28.7 Å². The number of hydrogen-bond donors (Lipinski definition) is 3. The molecule has 0 aliphatic heterocycles. The average Bonchev–Trinajstić information content (AvgIpc) is 2.77. The van der Waals surface area contributed by atoms with E-state index in [1.807, 2.05) is 0 Å². The van der Waals surface area contributed by atoms with Crippen molar-refractivity contribution < 1.29 is 19.1 Å². The third kappa shape index (κ3) is 4.82. The first kappa shape index (κ1) is 20.6. The number of carbonyl (C=O) groups excluding carboxylic acids is 2. The van der Waals surface area contributed by atoms with Crippen LogP contribution in [0, 0.1) is 0 Å². The fourth-order valence-electron chi connectivity index (χ4n) is 2.61. The molecule has 2 aromatic carbocycles. The minimum atomic E-state index is -0.417. The highest BCUT2D eigenvalue weighted by Gasteiger charge is 2.12. The van der Waals surface area contributed by atoms with Gasteiger partial charge < -0.3 is 25.8 Å². The van der Waals surface area contributed by atoms with Crippen molar-refractivity contribution in [2.24, 2.45) is 0 Å². The summed E-state index contributed by atoms with van der Waals surface area (Å²) in [4.78, 5) is 31.8. The lowest BCUT2D eigenvalue weighted by molar-refractivity contribution is 0.0525. The average molecular weight is 407 g/mol. The molecule has 0 radical (unpaired) electrons. The summed E-state index contributed by atoms with van der Waals surface area (Å²) in [6, 6.07) is 13.5. The molecule has 0 aliphatic carbocycles. The van der Waals surface area contributed by atoms with E-state index in [1.165, 1.54) is 13.4 Å². The highest BCUT2D eigenvalue weighted by atomic mass is 16.5. The van der Waals surface area contributed by atoms with E-state index in [1.54, 1.807) is 55.5 Å². The van der Waals surface area contributed by atoms with Crippen molar-refractivity contribution in [1.82, 2.24) is 9.97 Å². The topological polar surface area (TPSA) is 128 Å². The van der Waals surface area contributed by atoms with Crippen LogP contribution in [-0.4, -0.2) is 35.6 Å². The van der Waals surface area contributed by atoms with Crippen molar-refractivity contribution in [3.05, 3.63) is 66.0 Å². The van der Waals surface area contributed by atoms with Gasteiger partial charge in [0.2, 0.25) is 0 Å². The van der Waals surface area contributed by atoms with Crippen LogP contribution in [0.3, 0.4) is 0 Å². The number of hydrogen-bond acceptors (Lipinski definition) is 9. The van der Waals surface area contributed by atoms with E-state index in [2.05, 4.69) is 25.3 Å². The second-order valence-electron chi connectivity index (χ2n) is 6.10. The van der Waals surface area contributed by atoms with Crippen LogP contribution in [0.2, 0.25) is 0 Å². The molecule has 3 aromatic rings. The van der Waals surface area contributed by atoms with Gasteiger partial charge >= 0.3 is 11.9 Å². The van der Waals surface area contributed by atoms with Crippen LogP contribution in [0.5, 0.6) is 0 Å². The van der Waals surface area contributed by atoms with Crippen molar-refractivity contribution in [2.45, 2.75) is 6.92 Å². The summed E-state index contributed by atoms with van der Waals surface area (Å²) in [5.41, 5.74) is 8.65. The van der Waals surface area contributed by atoms with E-state index in [0.29, 0.717) is 40.7 Å². The fourth-order valence-corrected chi connectivity index (χ4v) is 2.61. The van der Waals surface area contributed by atoms with E-state index < -0.39 is 11.9 Å². The summed E-state index contributed by atoms with van der Waals surface area (Å²) in [5.74, 6) is -0.0613. The molecule has 0 bridgehead atoms. The number of ether oxygens (including phenoxy) is 2. The van der Waals surface area contributed by atoms with Crippen molar-refractivity contribution in [1.29, 1.82) is 0 Å². The maximum absolute atomic E-state index is 11.9. The van der Waals surface area contributed by atoms with Crippen molar-refractivity contribution in [2.75, 3.05) is 30.1 Å². The molecule has 0 spiro atoms. The highest BCUT2D eigenvalue weighted by molar-refractivity contribution is 5.91. The van der Waals surface area contributed by atoms with Crippen LogP contribution in [0.25, 0.3) is 0 Å². The first-order valence-electron chi connectivity index (χ1n) is 9.12. The van der Waals surface area contributed by atoms with Crippen LogP contribution >= 0.6 is 0 Å². The van der Waals surface area contributed by atoms with E-state index >= 15 is 0 Å². The maximum Gasteiger partial charge on any atom is 0.338 e. The molecule has 154 valence electrons. The number of anilines is 5. The Bertz CT molecular complexity index is 1050. The zero-order chi connectivity index (χ0) is 21.5. The van der Waals surface area contributed by atoms with Gasteiger partial charge in [-0.3, -0.25) is 0 Å². The number of benzene rings is 2. The molecule has 30 heavy (non-hydrogen) atoms. The van der Waals surface area contributed by atoms with Gasteiger partial charge in [-0.05, 0) is 49.4 Å². The van der Waals surface area contributed by atoms with E-state index in [4.69, 9.17) is 10.5 Å². The predicted molar refractivity (Wildman–Crippen MR) is 113 cm³/mol. The molecule has 9 heteroatoms. The third-order valence-corrected chi connectivity index (χ3v) is 4.09. The van der Waals surface area contributed by atoms with Crippen LogP contribution in [0.1, 0.15) is 27.6 Å². The first-order valence-corrected chi connectivity index (χ1v) is 9.12. The van der Waals surface area contributed by atoms with Gasteiger partial charge in [0.15, 0.2) is 11.6 Å². The molecule has 4 N–H and O–H groups in total. The molecule has 1 heterocycles. The molecule has 0 aliphatic rings. The van der Waals surface area contributed by atoms with Gasteiger partial charge in [-0.25, -0.2) is 19.6 Å². The number of aromatic nitrogens is 2. The van der Waals surface area contributed by atoms with Crippen LogP contribution in [-0.2, 0) is 9.47 Å². The lowest BCUT2D eigenvalue weighted by Gasteiger charge is -2.13. The Balaban J connectivity index is 1.78. The second kappa shape index (κ2) is 9.37. The van der Waals surface area contributed by atoms with Crippen LogP contribution < -0.4 is 16.4 Å². The van der Waals surface area contributed by atoms with Gasteiger partial charge in [0.25, 0.3) is 0 Å². The van der Waals surface area contributed by atoms with Gasteiger partial charge in [-0.15, -0.1) is 0 Å². The minimum Gasteiger partial charge on any atom is -0.465 e. The number of nitrogen functional groups attached to an aromatic ring is 1. The molecule has 0 amide bonds. The first-order chi connectivity index (χ1) is 14.5. The summed E-state index contributed by atoms with van der Waals surface area (Å²) < 4.78 is 9.70. The zero-order valence-electron chi connectivity index (χ0n) is 16.5. The zero-order valence-corrected chi connectivity index (χ0v) is 16.5. The lowest BCUT2D eigenvalue weighted by Crippen LogP contribution is -2.07. The Labute approximate surface area is 173 Å². The van der Waals surface area contributed by atoms with Gasteiger partial charge in [0, 0.05) is 11.4 Å². The van der Waals surface area contributed by atoms with Gasteiger partial charge in [0.1, 0.15) is 12.0 Å². The fraction of sp³-hybridized carbons (Fsp3) is 0.143. The summed E-state index contributed by atoms with van der Waals surface area (Å²) in [6.07, 6.45) is 1.36. The van der Waals surface area contributed by atoms with Crippen molar-refractivity contribution in [3.63, 3.8) is 0 Å². The minimum absolute atomic E-state index is 0.288. The van der Waals surface area contributed by atoms with Gasteiger partial charge in [0.05, 0.1) is 24.8 Å². The van der Waals surface area contributed by atoms with Gasteiger partial charge in [-0.2, -0.15) is 0 Å². The van der Waals surface area contributed by atoms with Crippen molar-refractivity contribution >= 4 is 40.6 Å². The molecule has 1 aromatic heterocycles. The number of nitrogens with one attached hydrogen (secondary N) is 2. The molecule has 0 fully saturated rings. The number of nitrogens with two attached hydrogens (primary N) is 1. The Hall–Kier alpha value is -4.14. The van der Waals surface area contributed by atoms with E-state index in [-0.39, 0.29) is 5.69 Å². The normalized spacial score (nSPS) is 10.2. The largest absolute Gasteiger partial charge is 0.465 e. The number of esters is 2. The Morgan fingerprint density at radius 1 is 0.933 bits per heavy atom. The van der Waals surface area contributed by atoms with E-state index in [9.17, 15) is 9.59 Å². The Morgan fingerprint density at radius 3 is 2.23 bits per heavy atom. The van der Waals surface area contributed by atoms with Crippen molar-refractivity contribution in [3.8, 4) is 0 Å². The third-order valence-electron chi connectivity index (χ3n) is 4.09. The molecule has 0 atom stereocenters. The molecular weight excluding hydrogens is 386 g/mol. The maximum atomic E-state index is 11.9.